The zero-order chi connectivity index (χ0) is 21.8. The Morgan fingerprint density at radius 2 is 1.86 bits per heavy atom. The Morgan fingerprint density at radius 3 is 2.45 bits per heavy atom. The summed E-state index contributed by atoms with van der Waals surface area (Å²) in [5.74, 6) is -0.942. The van der Waals surface area contributed by atoms with Gasteiger partial charge in [0.25, 0.3) is 0 Å². The van der Waals surface area contributed by atoms with Crippen LogP contribution in [-0.2, 0) is 17.4 Å². The van der Waals surface area contributed by atoms with E-state index in [0.717, 1.165) is 18.4 Å². The van der Waals surface area contributed by atoms with E-state index >= 15 is 0 Å². The predicted octanol–water partition coefficient (Wildman–Crippen LogP) is 4.99. The van der Waals surface area contributed by atoms with Crippen molar-refractivity contribution in [2.75, 3.05) is 12.1 Å². The van der Waals surface area contributed by atoms with Crippen molar-refractivity contribution < 1.29 is 22.4 Å². The van der Waals surface area contributed by atoms with E-state index in [2.05, 4.69) is 4.98 Å². The molecule has 0 bridgehead atoms. The van der Waals surface area contributed by atoms with E-state index in [4.69, 9.17) is 0 Å². The minimum absolute atomic E-state index is 0.0477. The van der Waals surface area contributed by atoms with E-state index in [0.29, 0.717) is 23.0 Å². The summed E-state index contributed by atoms with van der Waals surface area (Å²) in [6.45, 7) is 5.88. The number of hydrazine groups is 1. The van der Waals surface area contributed by atoms with Crippen molar-refractivity contribution in [1.29, 1.82) is 0 Å². The molecule has 2 aromatic rings. The minimum Gasteiger partial charge on any atom is -0.298 e. The van der Waals surface area contributed by atoms with E-state index in [9.17, 15) is 22.4 Å². The number of hydrogen-bond acceptors (Lipinski definition) is 4. The lowest BCUT2D eigenvalue weighted by atomic mass is 10.0. The molecule has 0 saturated heterocycles. The zero-order valence-electron chi connectivity index (χ0n) is 16.7. The first-order valence-electron chi connectivity index (χ1n) is 9.19. The number of benzene rings is 1. The minimum atomic E-state index is -4.61. The molecule has 1 unspecified atom stereocenters. The first-order chi connectivity index (χ1) is 13.7. The second-order valence-electron chi connectivity index (χ2n) is 6.37. The fourth-order valence-corrected chi connectivity index (χ4v) is 2.96. The summed E-state index contributed by atoms with van der Waals surface area (Å²) in [7, 11) is 1.82. The molecule has 0 saturated carbocycles. The quantitative estimate of drug-likeness (QED) is 0.526. The van der Waals surface area contributed by atoms with Gasteiger partial charge < -0.3 is 0 Å². The summed E-state index contributed by atoms with van der Waals surface area (Å²) in [6, 6.07) is 5.79. The van der Waals surface area contributed by atoms with Crippen LogP contribution in [0.1, 0.15) is 37.6 Å². The number of aldehydes is 1. The maximum Gasteiger partial charge on any atom is 0.416 e. The molecule has 8 heteroatoms. The van der Waals surface area contributed by atoms with Gasteiger partial charge in [-0.05, 0) is 42.8 Å². The fraction of sp³-hybridized carbons (Fsp3) is 0.333. The van der Waals surface area contributed by atoms with E-state index < -0.39 is 17.6 Å². The van der Waals surface area contributed by atoms with E-state index in [1.54, 1.807) is 23.3 Å². The van der Waals surface area contributed by atoms with E-state index in [-0.39, 0.29) is 18.0 Å². The SMILES string of the molecule is CC.CC1C(C=O)=CN(c2ccnc(Cc3cc(F)cc(C(F)(F)F)c3)c2)N1C. The first-order valence-corrected chi connectivity index (χ1v) is 9.19. The van der Waals surface area contributed by atoms with Crippen LogP contribution in [0.2, 0.25) is 0 Å². The lowest BCUT2D eigenvalue weighted by molar-refractivity contribution is -0.137. The average Bonchev–Trinajstić information content (AvgIpc) is 2.97. The van der Waals surface area contributed by atoms with Gasteiger partial charge in [0.1, 0.15) is 12.1 Å². The van der Waals surface area contributed by atoms with Crippen LogP contribution in [-0.4, -0.2) is 29.4 Å². The zero-order valence-corrected chi connectivity index (χ0v) is 16.7. The highest BCUT2D eigenvalue weighted by atomic mass is 19.4. The number of alkyl halides is 3. The Hall–Kier alpha value is -2.74. The molecule has 0 radical (unpaired) electrons. The molecule has 1 aliphatic heterocycles. The summed E-state index contributed by atoms with van der Waals surface area (Å²) in [6.07, 6.45) is -0.558. The second-order valence-corrected chi connectivity index (χ2v) is 6.37. The summed E-state index contributed by atoms with van der Waals surface area (Å²) < 4.78 is 52.2. The molecule has 0 spiro atoms. The van der Waals surface area contributed by atoms with Crippen molar-refractivity contribution >= 4 is 12.0 Å². The molecule has 0 N–H and O–H groups in total. The largest absolute Gasteiger partial charge is 0.416 e. The number of halogens is 4. The Labute approximate surface area is 167 Å². The first kappa shape index (κ1) is 22.5. The van der Waals surface area contributed by atoms with Gasteiger partial charge >= 0.3 is 6.18 Å². The Morgan fingerprint density at radius 1 is 1.17 bits per heavy atom. The lowest BCUT2D eigenvalue weighted by Gasteiger charge is -2.28. The van der Waals surface area contributed by atoms with E-state index in [1.165, 1.54) is 6.20 Å². The maximum atomic E-state index is 13.6. The highest BCUT2D eigenvalue weighted by Crippen LogP contribution is 2.31. The summed E-state index contributed by atoms with van der Waals surface area (Å²) in [5.41, 5.74) is 0.953. The number of nitrogens with zero attached hydrogens (tertiary/aromatic N) is 3. The molecule has 0 aliphatic carbocycles. The van der Waals surface area contributed by atoms with Crippen LogP contribution >= 0.6 is 0 Å². The fourth-order valence-electron chi connectivity index (χ4n) is 2.96. The third-order valence-corrected chi connectivity index (χ3v) is 4.53. The summed E-state index contributed by atoms with van der Waals surface area (Å²) in [5, 5.41) is 3.62. The highest BCUT2D eigenvalue weighted by molar-refractivity contribution is 5.77. The van der Waals surface area contributed by atoms with Gasteiger partial charge in [-0.2, -0.15) is 13.2 Å². The molecule has 0 amide bonds. The number of carbonyl (C=O) groups is 1. The molecule has 1 aliphatic rings. The van der Waals surface area contributed by atoms with Crippen LogP contribution in [0.3, 0.4) is 0 Å². The van der Waals surface area contributed by atoms with Gasteiger partial charge in [0.15, 0.2) is 0 Å². The molecule has 3 rings (SSSR count). The normalized spacial score (nSPS) is 16.9. The molecule has 1 aromatic heterocycles. The van der Waals surface area contributed by atoms with Crippen molar-refractivity contribution in [3.05, 3.63) is 70.9 Å². The average molecular weight is 409 g/mol. The van der Waals surface area contributed by atoms with Crippen LogP contribution in [0.15, 0.2) is 48.3 Å². The van der Waals surface area contributed by atoms with Gasteiger partial charge in [-0.15, -0.1) is 0 Å². The van der Waals surface area contributed by atoms with Gasteiger partial charge in [-0.25, -0.2) is 9.40 Å². The molecule has 156 valence electrons. The number of likely N-dealkylation sites (N-methyl/N-ethyl adjacent to an activating group) is 1. The molecule has 29 heavy (non-hydrogen) atoms. The number of rotatable bonds is 4. The van der Waals surface area contributed by atoms with Crippen LogP contribution < -0.4 is 5.01 Å². The monoisotopic (exact) mass is 409 g/mol. The molecular weight excluding hydrogens is 386 g/mol. The molecule has 2 heterocycles. The van der Waals surface area contributed by atoms with Crippen molar-refractivity contribution in [1.82, 2.24) is 9.99 Å². The number of aromatic nitrogens is 1. The predicted molar refractivity (Wildman–Crippen MR) is 104 cm³/mol. The molecular formula is C21H23F4N3O. The second kappa shape index (κ2) is 9.17. The summed E-state index contributed by atoms with van der Waals surface area (Å²) >= 11 is 0. The summed E-state index contributed by atoms with van der Waals surface area (Å²) in [4.78, 5) is 15.3. The lowest BCUT2D eigenvalue weighted by Crippen LogP contribution is -2.37. The van der Waals surface area contributed by atoms with Gasteiger partial charge in [0.05, 0.1) is 17.3 Å². The third-order valence-electron chi connectivity index (χ3n) is 4.53. The third kappa shape index (κ3) is 5.20. The number of carbonyl (C=O) groups excluding carboxylic acids is 1. The number of pyridine rings is 1. The van der Waals surface area contributed by atoms with Crippen LogP contribution in [0.5, 0.6) is 0 Å². The smallest absolute Gasteiger partial charge is 0.298 e. The van der Waals surface area contributed by atoms with E-state index in [1.807, 2.05) is 32.8 Å². The maximum absolute atomic E-state index is 13.6. The topological polar surface area (TPSA) is 36.4 Å². The van der Waals surface area contributed by atoms with Crippen LogP contribution in [0, 0.1) is 5.82 Å². The Bertz CT molecular complexity index is 896. The van der Waals surface area contributed by atoms with Gasteiger partial charge in [0, 0.05) is 37.1 Å². The van der Waals surface area contributed by atoms with Crippen LogP contribution in [0.4, 0.5) is 23.2 Å². The van der Waals surface area contributed by atoms with Crippen molar-refractivity contribution in [2.45, 2.75) is 39.4 Å². The standard InChI is InChI=1S/C19H17F4N3O.C2H6/c1-12-14(11-27)10-26(25(12)2)18-3-4-24-17(9-18)7-13-5-15(19(21,22)23)8-16(20)6-13;1-2/h3-6,8-12H,7H2,1-2H3;1-2H3. The molecule has 0 fully saturated rings. The molecule has 4 nitrogen and oxygen atoms in total. The Kier molecular flexibility index (Phi) is 7.13. The molecule has 1 atom stereocenters. The van der Waals surface area contributed by atoms with Crippen LogP contribution in [0.25, 0.3) is 0 Å². The van der Waals surface area contributed by atoms with Gasteiger partial charge in [0.2, 0.25) is 0 Å². The highest BCUT2D eigenvalue weighted by Gasteiger charge is 2.31. The van der Waals surface area contributed by atoms with Crippen molar-refractivity contribution in [3.63, 3.8) is 0 Å². The van der Waals surface area contributed by atoms with Gasteiger partial charge in [-0.3, -0.25) is 14.8 Å². The van der Waals surface area contributed by atoms with Crippen molar-refractivity contribution in [3.8, 4) is 0 Å². The van der Waals surface area contributed by atoms with Gasteiger partial charge in [-0.1, -0.05) is 13.8 Å². The van der Waals surface area contributed by atoms with Crippen molar-refractivity contribution in [2.24, 2.45) is 0 Å². The Balaban J connectivity index is 0.00000145. The number of anilines is 1. The number of hydrogen-bond donors (Lipinski definition) is 0. The molecule has 1 aromatic carbocycles.